The van der Waals surface area contributed by atoms with Crippen LogP contribution in [0.1, 0.15) is 22.9 Å². The number of aliphatic hydroxyl groups excluding tert-OH is 1. The second kappa shape index (κ2) is 6.69. The number of aromatic nitrogens is 1. The molecule has 6 heteroatoms. The number of halogens is 3. The number of nitrogens with zero attached hydrogens (tertiary/aromatic N) is 1. The quantitative estimate of drug-likeness (QED) is 0.834. The minimum atomic E-state index is -1.52. The monoisotopic (exact) mass is 296 g/mol. The van der Waals surface area contributed by atoms with Crippen molar-refractivity contribution in [1.29, 1.82) is 0 Å². The smallest absolute Gasteiger partial charge is 0.194 e. The molecule has 0 amide bonds. The summed E-state index contributed by atoms with van der Waals surface area (Å²) >= 11 is 0. The van der Waals surface area contributed by atoms with E-state index in [2.05, 4.69) is 10.3 Å². The number of aryl methyl sites for hydroxylation is 1. The molecule has 1 aromatic carbocycles. The van der Waals surface area contributed by atoms with Gasteiger partial charge >= 0.3 is 0 Å². The number of nitrogens with one attached hydrogen (secondary N) is 1. The lowest BCUT2D eigenvalue weighted by Gasteiger charge is -2.18. The van der Waals surface area contributed by atoms with E-state index in [-0.39, 0.29) is 12.2 Å². The molecular formula is C15H15F3N2O. The Balaban J connectivity index is 2.15. The van der Waals surface area contributed by atoms with Gasteiger partial charge in [-0.1, -0.05) is 6.07 Å². The molecule has 0 saturated carbocycles. The van der Waals surface area contributed by atoms with E-state index in [1.54, 1.807) is 12.3 Å². The van der Waals surface area contributed by atoms with Crippen LogP contribution < -0.4 is 5.32 Å². The van der Waals surface area contributed by atoms with Crippen LogP contribution in [0.2, 0.25) is 0 Å². The maximum absolute atomic E-state index is 13.2. The molecule has 1 atom stereocenters. The Morgan fingerprint density at radius 2 is 1.90 bits per heavy atom. The summed E-state index contributed by atoms with van der Waals surface area (Å²) in [5, 5.41) is 12.3. The molecule has 0 spiro atoms. The van der Waals surface area contributed by atoms with Crippen molar-refractivity contribution >= 4 is 0 Å². The van der Waals surface area contributed by atoms with E-state index in [1.165, 1.54) is 0 Å². The third-order valence-electron chi connectivity index (χ3n) is 3.25. The number of benzene rings is 1. The van der Waals surface area contributed by atoms with Crippen molar-refractivity contribution < 1.29 is 18.3 Å². The van der Waals surface area contributed by atoms with Gasteiger partial charge in [-0.05, 0) is 36.2 Å². The third kappa shape index (κ3) is 3.59. The van der Waals surface area contributed by atoms with Crippen molar-refractivity contribution in [3.63, 3.8) is 0 Å². The minimum Gasteiger partial charge on any atom is -0.394 e. The Hall–Kier alpha value is -1.92. The summed E-state index contributed by atoms with van der Waals surface area (Å²) in [6, 6.07) is 4.68. The second-order valence-electron chi connectivity index (χ2n) is 4.66. The number of pyridine rings is 1. The lowest BCUT2D eigenvalue weighted by molar-refractivity contribution is 0.242. The minimum absolute atomic E-state index is 0.149. The van der Waals surface area contributed by atoms with Gasteiger partial charge in [-0.25, -0.2) is 13.2 Å². The molecule has 1 heterocycles. The van der Waals surface area contributed by atoms with Crippen molar-refractivity contribution in [2.24, 2.45) is 0 Å². The van der Waals surface area contributed by atoms with Crippen molar-refractivity contribution in [2.75, 3.05) is 6.61 Å². The summed E-state index contributed by atoms with van der Waals surface area (Å²) in [5.74, 6) is -4.07. The van der Waals surface area contributed by atoms with E-state index in [0.717, 1.165) is 23.4 Å². The van der Waals surface area contributed by atoms with Crippen LogP contribution in [0.25, 0.3) is 0 Å². The van der Waals surface area contributed by atoms with Crippen LogP contribution in [0.4, 0.5) is 13.2 Å². The summed E-state index contributed by atoms with van der Waals surface area (Å²) in [7, 11) is 0. The summed E-state index contributed by atoms with van der Waals surface area (Å²) in [5.41, 5.74) is 1.87. The van der Waals surface area contributed by atoms with Gasteiger partial charge in [-0.15, -0.1) is 0 Å². The average molecular weight is 296 g/mol. The van der Waals surface area contributed by atoms with Crippen molar-refractivity contribution in [2.45, 2.75) is 19.5 Å². The molecule has 1 aromatic heterocycles. The molecule has 0 aliphatic rings. The molecule has 0 fully saturated rings. The molecule has 1 unspecified atom stereocenters. The van der Waals surface area contributed by atoms with E-state index < -0.39 is 23.5 Å². The summed E-state index contributed by atoms with van der Waals surface area (Å²) in [4.78, 5) is 4.12. The van der Waals surface area contributed by atoms with Crippen molar-refractivity contribution in [3.8, 4) is 0 Å². The number of hydrogen-bond donors (Lipinski definition) is 2. The maximum Gasteiger partial charge on any atom is 0.194 e. The summed E-state index contributed by atoms with van der Waals surface area (Å²) in [6.45, 7) is 1.83. The zero-order valence-electron chi connectivity index (χ0n) is 11.4. The lowest BCUT2D eigenvalue weighted by Crippen LogP contribution is -2.25. The van der Waals surface area contributed by atoms with Crippen molar-refractivity contribution in [1.82, 2.24) is 10.3 Å². The fraction of sp³-hybridized carbons (Fsp3) is 0.267. The van der Waals surface area contributed by atoms with Crippen LogP contribution in [0.3, 0.4) is 0 Å². The Morgan fingerprint density at radius 1 is 1.24 bits per heavy atom. The van der Waals surface area contributed by atoms with E-state index in [9.17, 15) is 18.3 Å². The Labute approximate surface area is 120 Å². The first-order chi connectivity index (χ1) is 10.0. The molecule has 2 rings (SSSR count). The molecule has 0 aliphatic heterocycles. The maximum atomic E-state index is 13.2. The van der Waals surface area contributed by atoms with Gasteiger partial charge in [0.15, 0.2) is 17.5 Å². The molecule has 0 aliphatic carbocycles. The van der Waals surface area contributed by atoms with Gasteiger partial charge in [-0.3, -0.25) is 4.98 Å². The van der Waals surface area contributed by atoms with E-state index in [1.807, 2.05) is 13.0 Å². The molecule has 2 aromatic rings. The first kappa shape index (κ1) is 15.5. The van der Waals surface area contributed by atoms with Gasteiger partial charge in [0.2, 0.25) is 0 Å². The van der Waals surface area contributed by atoms with Gasteiger partial charge < -0.3 is 10.4 Å². The lowest BCUT2D eigenvalue weighted by atomic mass is 10.1. The molecule has 112 valence electrons. The largest absolute Gasteiger partial charge is 0.394 e. The normalized spacial score (nSPS) is 12.4. The number of aliphatic hydroxyl groups is 1. The predicted octanol–water partition coefficient (Wildman–Crippen LogP) is 2.63. The first-order valence-electron chi connectivity index (χ1n) is 6.42. The highest BCUT2D eigenvalue weighted by Gasteiger charge is 2.17. The Bertz CT molecular complexity index is 611. The Kier molecular flexibility index (Phi) is 4.93. The fourth-order valence-electron chi connectivity index (χ4n) is 2.00. The zero-order valence-corrected chi connectivity index (χ0v) is 11.4. The number of hydrogen-bond acceptors (Lipinski definition) is 3. The molecule has 0 bridgehead atoms. The van der Waals surface area contributed by atoms with Crippen LogP contribution in [0.15, 0.2) is 30.5 Å². The van der Waals surface area contributed by atoms with E-state index in [4.69, 9.17) is 0 Å². The average Bonchev–Trinajstić information content (AvgIpc) is 2.47. The van der Waals surface area contributed by atoms with E-state index in [0.29, 0.717) is 6.54 Å². The molecule has 3 nitrogen and oxygen atoms in total. The first-order valence-corrected chi connectivity index (χ1v) is 6.42. The SMILES string of the molecule is Cc1ncccc1CNC(CO)c1cc(F)c(F)c(F)c1. The van der Waals surface area contributed by atoms with Gasteiger partial charge in [0, 0.05) is 18.4 Å². The van der Waals surface area contributed by atoms with Crippen LogP contribution in [0, 0.1) is 24.4 Å². The van der Waals surface area contributed by atoms with E-state index >= 15 is 0 Å². The molecule has 0 saturated heterocycles. The van der Waals surface area contributed by atoms with Gasteiger partial charge in [0.1, 0.15) is 0 Å². The highest BCUT2D eigenvalue weighted by molar-refractivity contribution is 5.24. The summed E-state index contributed by atoms with van der Waals surface area (Å²) in [6.07, 6.45) is 1.66. The zero-order chi connectivity index (χ0) is 15.4. The second-order valence-corrected chi connectivity index (χ2v) is 4.66. The predicted molar refractivity (Wildman–Crippen MR) is 72.0 cm³/mol. The third-order valence-corrected chi connectivity index (χ3v) is 3.25. The van der Waals surface area contributed by atoms with Crippen LogP contribution in [-0.2, 0) is 6.54 Å². The van der Waals surface area contributed by atoms with Gasteiger partial charge in [0.25, 0.3) is 0 Å². The van der Waals surface area contributed by atoms with Crippen LogP contribution >= 0.6 is 0 Å². The topological polar surface area (TPSA) is 45.2 Å². The summed E-state index contributed by atoms with van der Waals surface area (Å²) < 4.78 is 39.4. The molecule has 2 N–H and O–H groups in total. The fourth-order valence-corrected chi connectivity index (χ4v) is 2.00. The Morgan fingerprint density at radius 3 is 2.48 bits per heavy atom. The molecular weight excluding hydrogens is 281 g/mol. The van der Waals surface area contributed by atoms with Crippen molar-refractivity contribution in [3.05, 3.63) is 64.7 Å². The van der Waals surface area contributed by atoms with Crippen LogP contribution in [0.5, 0.6) is 0 Å². The highest BCUT2D eigenvalue weighted by atomic mass is 19.2. The van der Waals surface area contributed by atoms with Crippen LogP contribution in [-0.4, -0.2) is 16.7 Å². The molecule has 0 radical (unpaired) electrons. The number of rotatable bonds is 5. The standard InChI is InChI=1S/C15H15F3N2O/c1-9-10(3-2-4-19-9)7-20-14(8-21)11-5-12(16)15(18)13(17)6-11/h2-6,14,20-21H,7-8H2,1H3. The molecule has 21 heavy (non-hydrogen) atoms. The highest BCUT2D eigenvalue weighted by Crippen LogP contribution is 2.20. The van der Waals surface area contributed by atoms with Gasteiger partial charge in [-0.2, -0.15) is 0 Å². The van der Waals surface area contributed by atoms with Gasteiger partial charge in [0.05, 0.1) is 12.6 Å².